The zero-order chi connectivity index (χ0) is 13.0. The predicted octanol–water partition coefficient (Wildman–Crippen LogP) is 1.84. The molecule has 0 spiro atoms. The molecule has 1 aromatic heterocycles. The Morgan fingerprint density at radius 2 is 2.39 bits per heavy atom. The van der Waals surface area contributed by atoms with Crippen molar-refractivity contribution in [2.24, 2.45) is 0 Å². The van der Waals surface area contributed by atoms with Gasteiger partial charge in [-0.1, -0.05) is 0 Å². The summed E-state index contributed by atoms with van der Waals surface area (Å²) in [6.45, 7) is 2.80. The fourth-order valence-electron chi connectivity index (χ4n) is 2.22. The fraction of sp³-hybridized carbons (Fsp3) is 0.538. The Balaban J connectivity index is 1.98. The lowest BCUT2D eigenvalue weighted by molar-refractivity contribution is -0.152. The van der Waals surface area contributed by atoms with Crippen molar-refractivity contribution < 1.29 is 14.3 Å². The second kappa shape index (κ2) is 6.00. The molecule has 1 aliphatic heterocycles. The second-order valence-corrected chi connectivity index (χ2v) is 5.09. The van der Waals surface area contributed by atoms with Crippen molar-refractivity contribution in [3.63, 3.8) is 0 Å². The molecule has 4 nitrogen and oxygen atoms in total. The molecular weight excluding hydrogens is 250 g/mol. The maximum absolute atomic E-state index is 12.2. The highest BCUT2D eigenvalue weighted by Crippen LogP contribution is 2.20. The van der Waals surface area contributed by atoms with Gasteiger partial charge < -0.3 is 9.64 Å². The van der Waals surface area contributed by atoms with Gasteiger partial charge >= 0.3 is 5.97 Å². The molecule has 1 fully saturated rings. The molecule has 5 heteroatoms. The number of rotatable bonds is 4. The zero-order valence-electron chi connectivity index (χ0n) is 10.4. The van der Waals surface area contributed by atoms with Crippen LogP contribution >= 0.6 is 11.3 Å². The highest BCUT2D eigenvalue weighted by molar-refractivity contribution is 7.07. The first-order valence-electron chi connectivity index (χ1n) is 6.19. The summed E-state index contributed by atoms with van der Waals surface area (Å²) in [4.78, 5) is 25.6. The minimum Gasteiger partial charge on any atom is -0.464 e. The molecule has 0 bridgehead atoms. The molecule has 18 heavy (non-hydrogen) atoms. The van der Waals surface area contributed by atoms with E-state index in [9.17, 15) is 9.59 Å². The summed E-state index contributed by atoms with van der Waals surface area (Å²) in [5.74, 6) is -0.252. The summed E-state index contributed by atoms with van der Waals surface area (Å²) in [6, 6.07) is 1.56. The molecule has 0 aliphatic carbocycles. The topological polar surface area (TPSA) is 46.6 Å². The van der Waals surface area contributed by atoms with Crippen molar-refractivity contribution in [2.45, 2.75) is 32.2 Å². The van der Waals surface area contributed by atoms with Gasteiger partial charge in [0.15, 0.2) is 0 Å². The Morgan fingerprint density at radius 1 is 1.56 bits per heavy atom. The van der Waals surface area contributed by atoms with E-state index >= 15 is 0 Å². The number of carbonyl (C=O) groups excluding carboxylic acids is 2. The zero-order valence-corrected chi connectivity index (χ0v) is 11.2. The molecular formula is C13H17NO3S. The SMILES string of the molecule is CCOC(=O)C1CCCN1C(=O)Cc1ccsc1. The highest BCUT2D eigenvalue weighted by atomic mass is 32.1. The lowest BCUT2D eigenvalue weighted by Gasteiger charge is -2.22. The van der Waals surface area contributed by atoms with Gasteiger partial charge in [-0.25, -0.2) is 4.79 Å². The molecule has 0 saturated carbocycles. The minimum absolute atomic E-state index is 0.0175. The second-order valence-electron chi connectivity index (χ2n) is 4.31. The van der Waals surface area contributed by atoms with Crippen LogP contribution in [0.3, 0.4) is 0 Å². The first-order chi connectivity index (χ1) is 8.72. The number of nitrogens with zero attached hydrogens (tertiary/aromatic N) is 1. The quantitative estimate of drug-likeness (QED) is 0.782. The number of thiophene rings is 1. The Bertz CT molecular complexity index is 416. The van der Waals surface area contributed by atoms with Gasteiger partial charge in [0.2, 0.25) is 5.91 Å². The Kier molecular flexibility index (Phi) is 4.36. The van der Waals surface area contributed by atoms with Crippen LogP contribution in [0.1, 0.15) is 25.3 Å². The summed E-state index contributed by atoms with van der Waals surface area (Å²) >= 11 is 1.58. The van der Waals surface area contributed by atoms with Gasteiger partial charge in [-0.05, 0) is 42.2 Å². The summed E-state index contributed by atoms with van der Waals surface area (Å²) < 4.78 is 5.01. The van der Waals surface area contributed by atoms with Crippen LogP contribution in [0, 0.1) is 0 Å². The van der Waals surface area contributed by atoms with Crippen LogP contribution < -0.4 is 0 Å². The third-order valence-corrected chi connectivity index (χ3v) is 3.80. The first-order valence-corrected chi connectivity index (χ1v) is 7.14. The Hall–Kier alpha value is -1.36. The molecule has 2 heterocycles. The van der Waals surface area contributed by atoms with E-state index in [1.807, 2.05) is 16.8 Å². The minimum atomic E-state index is -0.379. The third kappa shape index (κ3) is 2.90. The summed E-state index contributed by atoms with van der Waals surface area (Å²) in [7, 11) is 0. The summed E-state index contributed by atoms with van der Waals surface area (Å²) in [6.07, 6.45) is 1.96. The van der Waals surface area contributed by atoms with E-state index in [0.717, 1.165) is 12.0 Å². The van der Waals surface area contributed by atoms with Crippen LogP contribution in [0.4, 0.5) is 0 Å². The van der Waals surface area contributed by atoms with Gasteiger partial charge in [0.1, 0.15) is 6.04 Å². The standard InChI is InChI=1S/C13H17NO3S/c1-2-17-13(16)11-4-3-6-14(11)12(15)8-10-5-7-18-9-10/h5,7,9,11H,2-4,6,8H2,1H3. The normalized spacial score (nSPS) is 18.9. The van der Waals surface area contributed by atoms with Gasteiger partial charge in [-0.3, -0.25) is 4.79 Å². The molecule has 0 N–H and O–H groups in total. The molecule has 1 unspecified atom stereocenters. The van der Waals surface area contributed by atoms with E-state index in [1.165, 1.54) is 0 Å². The molecule has 1 saturated heterocycles. The number of esters is 1. The lowest BCUT2D eigenvalue weighted by Crippen LogP contribution is -2.42. The molecule has 2 rings (SSSR count). The Morgan fingerprint density at radius 3 is 3.06 bits per heavy atom. The van der Waals surface area contributed by atoms with Gasteiger partial charge in [0.25, 0.3) is 0 Å². The van der Waals surface area contributed by atoms with Crippen molar-refractivity contribution in [2.75, 3.05) is 13.2 Å². The summed E-state index contributed by atoms with van der Waals surface area (Å²) in [5.41, 5.74) is 1.01. The van der Waals surface area contributed by atoms with Crippen molar-refractivity contribution >= 4 is 23.2 Å². The van der Waals surface area contributed by atoms with Crippen LogP contribution in [0.2, 0.25) is 0 Å². The smallest absolute Gasteiger partial charge is 0.328 e. The number of amides is 1. The van der Waals surface area contributed by atoms with E-state index in [2.05, 4.69) is 0 Å². The molecule has 1 aromatic rings. The van der Waals surface area contributed by atoms with Gasteiger partial charge in [-0.15, -0.1) is 0 Å². The number of ether oxygens (including phenoxy) is 1. The van der Waals surface area contributed by atoms with E-state index < -0.39 is 0 Å². The molecule has 0 aromatic carbocycles. The van der Waals surface area contributed by atoms with Gasteiger partial charge in [-0.2, -0.15) is 11.3 Å². The van der Waals surface area contributed by atoms with E-state index in [0.29, 0.717) is 26.0 Å². The maximum atomic E-state index is 12.2. The van der Waals surface area contributed by atoms with Gasteiger partial charge in [0.05, 0.1) is 13.0 Å². The number of hydrogen-bond acceptors (Lipinski definition) is 4. The van der Waals surface area contributed by atoms with Crippen LogP contribution in [0.5, 0.6) is 0 Å². The van der Waals surface area contributed by atoms with E-state index in [4.69, 9.17) is 4.74 Å². The predicted molar refractivity (Wildman–Crippen MR) is 69.4 cm³/mol. The average Bonchev–Trinajstić information content (AvgIpc) is 2.99. The van der Waals surface area contributed by atoms with Crippen LogP contribution in [0.15, 0.2) is 16.8 Å². The van der Waals surface area contributed by atoms with E-state index in [1.54, 1.807) is 23.2 Å². The summed E-state index contributed by atoms with van der Waals surface area (Å²) in [5, 5.41) is 3.92. The van der Waals surface area contributed by atoms with Crippen LogP contribution in [0.25, 0.3) is 0 Å². The van der Waals surface area contributed by atoms with Crippen molar-refractivity contribution in [3.8, 4) is 0 Å². The maximum Gasteiger partial charge on any atom is 0.328 e. The monoisotopic (exact) mass is 267 g/mol. The number of carbonyl (C=O) groups is 2. The number of likely N-dealkylation sites (tertiary alicyclic amines) is 1. The first kappa shape index (κ1) is 13.1. The van der Waals surface area contributed by atoms with Gasteiger partial charge in [0, 0.05) is 6.54 Å². The molecule has 0 radical (unpaired) electrons. The molecule has 1 atom stereocenters. The van der Waals surface area contributed by atoms with Crippen LogP contribution in [-0.4, -0.2) is 36.0 Å². The molecule has 1 amide bonds. The Labute approximate surface area is 111 Å². The third-order valence-electron chi connectivity index (χ3n) is 3.07. The lowest BCUT2D eigenvalue weighted by atomic mass is 10.2. The number of hydrogen-bond donors (Lipinski definition) is 0. The van der Waals surface area contributed by atoms with E-state index in [-0.39, 0.29) is 17.9 Å². The highest BCUT2D eigenvalue weighted by Gasteiger charge is 2.34. The average molecular weight is 267 g/mol. The molecule has 98 valence electrons. The molecule has 1 aliphatic rings. The fourth-order valence-corrected chi connectivity index (χ4v) is 2.89. The van der Waals surface area contributed by atoms with Crippen molar-refractivity contribution in [1.29, 1.82) is 0 Å². The largest absolute Gasteiger partial charge is 0.464 e. The van der Waals surface area contributed by atoms with Crippen molar-refractivity contribution in [3.05, 3.63) is 22.4 Å². The van der Waals surface area contributed by atoms with Crippen LogP contribution in [-0.2, 0) is 20.7 Å². The van der Waals surface area contributed by atoms with Crippen molar-refractivity contribution in [1.82, 2.24) is 4.90 Å².